The molecule has 0 unspecified atom stereocenters. The van der Waals surface area contributed by atoms with Gasteiger partial charge in [-0.05, 0) is 13.0 Å². The summed E-state index contributed by atoms with van der Waals surface area (Å²) >= 11 is 0. The molecule has 0 saturated heterocycles. The van der Waals surface area contributed by atoms with Gasteiger partial charge in [-0.15, -0.1) is 0 Å². The molecule has 1 rings (SSSR count). The molecule has 18 heavy (non-hydrogen) atoms. The fourth-order valence-corrected chi connectivity index (χ4v) is 1.20. The average Bonchev–Trinajstić information content (AvgIpc) is 2.36. The van der Waals surface area contributed by atoms with E-state index in [-0.39, 0.29) is 6.61 Å². The third kappa shape index (κ3) is 2.44. The highest BCUT2D eigenvalue weighted by atomic mass is 19.2. The number of carbonyl (C=O) groups excluding carboxylic acids is 2. The lowest BCUT2D eigenvalue weighted by atomic mass is 10.1. The molecule has 0 bridgehead atoms. The van der Waals surface area contributed by atoms with E-state index in [4.69, 9.17) is 0 Å². The van der Waals surface area contributed by atoms with Crippen LogP contribution in [0.25, 0.3) is 0 Å². The third-order valence-corrected chi connectivity index (χ3v) is 2.04. The number of rotatable bonds is 4. The number of hydrogen-bond donors (Lipinski definition) is 0. The second-order valence-corrected chi connectivity index (χ2v) is 3.12. The van der Waals surface area contributed by atoms with Crippen molar-refractivity contribution in [2.75, 3.05) is 13.7 Å². The van der Waals surface area contributed by atoms with Crippen LogP contribution in [0.15, 0.2) is 6.07 Å². The standard InChI is InChI=1S/C11H9F3O4/c1-3-18-11(16)10(15)5-4-6(17-2)8(13)9(14)7(5)12/h4H,3H2,1-2H3. The van der Waals surface area contributed by atoms with Gasteiger partial charge >= 0.3 is 5.97 Å². The second-order valence-electron chi connectivity index (χ2n) is 3.12. The predicted octanol–water partition coefficient (Wildman–Crippen LogP) is 1.86. The summed E-state index contributed by atoms with van der Waals surface area (Å²) < 4.78 is 48.3. The van der Waals surface area contributed by atoms with Crippen molar-refractivity contribution in [3.05, 3.63) is 29.1 Å². The van der Waals surface area contributed by atoms with Crippen molar-refractivity contribution in [1.29, 1.82) is 0 Å². The van der Waals surface area contributed by atoms with E-state index in [1.807, 2.05) is 0 Å². The summed E-state index contributed by atoms with van der Waals surface area (Å²) in [5.41, 5.74) is -0.941. The van der Waals surface area contributed by atoms with Gasteiger partial charge in [-0.1, -0.05) is 0 Å². The van der Waals surface area contributed by atoms with Crippen LogP contribution in [-0.2, 0) is 9.53 Å². The van der Waals surface area contributed by atoms with E-state index in [9.17, 15) is 22.8 Å². The topological polar surface area (TPSA) is 52.6 Å². The summed E-state index contributed by atoms with van der Waals surface area (Å²) in [6.45, 7) is 1.33. The van der Waals surface area contributed by atoms with Crippen LogP contribution >= 0.6 is 0 Å². The van der Waals surface area contributed by atoms with Gasteiger partial charge in [-0.25, -0.2) is 13.6 Å². The predicted molar refractivity (Wildman–Crippen MR) is 53.8 cm³/mol. The number of hydrogen-bond acceptors (Lipinski definition) is 4. The molecule has 7 heteroatoms. The van der Waals surface area contributed by atoms with Crippen molar-refractivity contribution in [3.8, 4) is 5.75 Å². The summed E-state index contributed by atoms with van der Waals surface area (Å²) in [6.07, 6.45) is 0. The van der Waals surface area contributed by atoms with Gasteiger partial charge in [0.15, 0.2) is 17.4 Å². The lowest BCUT2D eigenvalue weighted by Gasteiger charge is -2.07. The molecule has 0 saturated carbocycles. The molecular formula is C11H9F3O4. The Hall–Kier alpha value is -2.05. The van der Waals surface area contributed by atoms with Crippen LogP contribution in [0.2, 0.25) is 0 Å². The van der Waals surface area contributed by atoms with E-state index < -0.39 is 40.5 Å². The number of halogens is 3. The molecule has 98 valence electrons. The van der Waals surface area contributed by atoms with Crippen molar-refractivity contribution in [3.63, 3.8) is 0 Å². The number of Topliss-reactive ketones (excluding diaryl/α,β-unsaturated/α-hetero) is 1. The van der Waals surface area contributed by atoms with Crippen molar-refractivity contribution in [2.24, 2.45) is 0 Å². The minimum atomic E-state index is -1.89. The van der Waals surface area contributed by atoms with Gasteiger partial charge < -0.3 is 9.47 Å². The number of ether oxygens (including phenoxy) is 2. The van der Waals surface area contributed by atoms with Gasteiger partial charge in [0.2, 0.25) is 5.82 Å². The van der Waals surface area contributed by atoms with Crippen LogP contribution in [0, 0.1) is 17.5 Å². The molecule has 0 fully saturated rings. The Balaban J connectivity index is 3.29. The Morgan fingerprint density at radius 2 is 1.78 bits per heavy atom. The molecular weight excluding hydrogens is 253 g/mol. The number of esters is 1. The Morgan fingerprint density at radius 3 is 2.28 bits per heavy atom. The number of benzene rings is 1. The highest BCUT2D eigenvalue weighted by molar-refractivity contribution is 6.40. The monoisotopic (exact) mass is 262 g/mol. The van der Waals surface area contributed by atoms with Crippen molar-refractivity contribution in [2.45, 2.75) is 6.92 Å². The second kappa shape index (κ2) is 5.52. The van der Waals surface area contributed by atoms with Crippen LogP contribution in [0.3, 0.4) is 0 Å². The molecule has 0 N–H and O–H groups in total. The van der Waals surface area contributed by atoms with Gasteiger partial charge in [-0.2, -0.15) is 4.39 Å². The number of carbonyl (C=O) groups is 2. The zero-order chi connectivity index (χ0) is 13.9. The quantitative estimate of drug-likeness (QED) is 0.359. The molecule has 0 amide bonds. The lowest BCUT2D eigenvalue weighted by molar-refractivity contribution is -0.137. The first-order chi connectivity index (χ1) is 8.43. The zero-order valence-corrected chi connectivity index (χ0v) is 9.55. The Morgan fingerprint density at radius 1 is 1.17 bits per heavy atom. The van der Waals surface area contributed by atoms with Crippen molar-refractivity contribution >= 4 is 11.8 Å². The van der Waals surface area contributed by atoms with Crippen molar-refractivity contribution in [1.82, 2.24) is 0 Å². The normalized spacial score (nSPS) is 10.1. The van der Waals surface area contributed by atoms with Crippen LogP contribution in [0.1, 0.15) is 17.3 Å². The summed E-state index contributed by atoms with van der Waals surface area (Å²) in [5.74, 6) is -8.67. The van der Waals surface area contributed by atoms with Crippen LogP contribution in [-0.4, -0.2) is 25.5 Å². The van der Waals surface area contributed by atoms with Crippen LogP contribution in [0.5, 0.6) is 5.75 Å². The fourth-order valence-electron chi connectivity index (χ4n) is 1.20. The minimum absolute atomic E-state index is 0.104. The van der Waals surface area contributed by atoms with E-state index >= 15 is 0 Å². The summed E-state index contributed by atoms with van der Waals surface area (Å²) in [7, 11) is 1.01. The maximum absolute atomic E-state index is 13.3. The summed E-state index contributed by atoms with van der Waals surface area (Å²) in [5, 5.41) is 0. The van der Waals surface area contributed by atoms with E-state index in [1.54, 1.807) is 0 Å². The first-order valence-corrected chi connectivity index (χ1v) is 4.86. The first-order valence-electron chi connectivity index (χ1n) is 4.86. The zero-order valence-electron chi connectivity index (χ0n) is 9.55. The van der Waals surface area contributed by atoms with Gasteiger partial charge in [0.1, 0.15) is 0 Å². The van der Waals surface area contributed by atoms with E-state index in [0.717, 1.165) is 7.11 Å². The van der Waals surface area contributed by atoms with E-state index in [1.165, 1.54) is 6.92 Å². The highest BCUT2D eigenvalue weighted by Crippen LogP contribution is 2.25. The fraction of sp³-hybridized carbons (Fsp3) is 0.273. The molecule has 0 radical (unpaired) electrons. The Kier molecular flexibility index (Phi) is 4.30. The molecule has 0 heterocycles. The highest BCUT2D eigenvalue weighted by Gasteiger charge is 2.27. The van der Waals surface area contributed by atoms with Gasteiger partial charge in [-0.3, -0.25) is 4.79 Å². The smallest absolute Gasteiger partial charge is 0.379 e. The SMILES string of the molecule is CCOC(=O)C(=O)c1cc(OC)c(F)c(F)c1F. The Labute approximate surface area is 100 Å². The van der Waals surface area contributed by atoms with Crippen molar-refractivity contribution < 1.29 is 32.2 Å². The van der Waals surface area contributed by atoms with Crippen LogP contribution < -0.4 is 4.74 Å². The molecule has 0 aromatic heterocycles. The number of methoxy groups -OCH3 is 1. The molecule has 0 spiro atoms. The molecule has 1 aromatic carbocycles. The van der Waals surface area contributed by atoms with E-state index in [2.05, 4.69) is 9.47 Å². The largest absolute Gasteiger partial charge is 0.494 e. The average molecular weight is 262 g/mol. The molecule has 0 aliphatic rings. The van der Waals surface area contributed by atoms with Gasteiger partial charge in [0.25, 0.3) is 5.78 Å². The van der Waals surface area contributed by atoms with Gasteiger partial charge in [0.05, 0.1) is 19.3 Å². The first kappa shape index (κ1) is 14.0. The molecule has 4 nitrogen and oxygen atoms in total. The van der Waals surface area contributed by atoms with E-state index in [0.29, 0.717) is 6.07 Å². The molecule has 0 atom stereocenters. The summed E-state index contributed by atoms with van der Waals surface area (Å²) in [6, 6.07) is 0.604. The third-order valence-electron chi connectivity index (χ3n) is 2.04. The van der Waals surface area contributed by atoms with Gasteiger partial charge in [0, 0.05) is 0 Å². The molecule has 1 aromatic rings. The lowest BCUT2D eigenvalue weighted by Crippen LogP contribution is -2.20. The Bertz CT molecular complexity index is 500. The summed E-state index contributed by atoms with van der Waals surface area (Å²) in [4.78, 5) is 22.5. The maximum Gasteiger partial charge on any atom is 0.379 e. The maximum atomic E-state index is 13.3. The minimum Gasteiger partial charge on any atom is -0.494 e. The van der Waals surface area contributed by atoms with Crippen LogP contribution in [0.4, 0.5) is 13.2 Å². The molecule has 0 aliphatic heterocycles. The molecule has 0 aliphatic carbocycles. The number of ketones is 1.